The maximum atomic E-state index is 4.81. The van der Waals surface area contributed by atoms with Crippen molar-refractivity contribution in [3.8, 4) is 5.82 Å². The van der Waals surface area contributed by atoms with Crippen molar-refractivity contribution in [2.24, 2.45) is 0 Å². The molecular weight excluding hydrogens is 298 g/mol. The Balaban J connectivity index is 1.49. The molecule has 0 spiro atoms. The smallest absolute Gasteiger partial charge is 0.156 e. The van der Waals surface area contributed by atoms with Gasteiger partial charge in [0.25, 0.3) is 0 Å². The Labute approximate surface area is 142 Å². The SMILES string of the molecule is c1ccc(CN2CCCC(c3cncc(-n4ccnc4)n3)C2)cc1. The Kier molecular flexibility index (Phi) is 4.34. The summed E-state index contributed by atoms with van der Waals surface area (Å²) >= 11 is 0. The fourth-order valence-corrected chi connectivity index (χ4v) is 3.37. The summed E-state index contributed by atoms with van der Waals surface area (Å²) in [6.07, 6.45) is 11.5. The second-order valence-corrected chi connectivity index (χ2v) is 6.33. The molecule has 5 nitrogen and oxygen atoms in total. The first kappa shape index (κ1) is 15.0. The summed E-state index contributed by atoms with van der Waals surface area (Å²) in [7, 11) is 0. The summed E-state index contributed by atoms with van der Waals surface area (Å²) in [6, 6.07) is 10.7. The molecule has 4 rings (SSSR count). The third-order valence-corrected chi connectivity index (χ3v) is 4.58. The molecule has 1 aliphatic heterocycles. The van der Waals surface area contributed by atoms with E-state index < -0.39 is 0 Å². The van der Waals surface area contributed by atoms with Crippen LogP contribution in [0.4, 0.5) is 0 Å². The van der Waals surface area contributed by atoms with Gasteiger partial charge < -0.3 is 0 Å². The molecule has 1 fully saturated rings. The predicted molar refractivity (Wildman–Crippen MR) is 92.8 cm³/mol. The highest BCUT2D eigenvalue weighted by Crippen LogP contribution is 2.26. The standard InChI is InChI=1S/C19H21N5/c1-2-5-16(6-3-1)13-23-9-4-7-17(14-23)18-11-21-12-19(22-18)24-10-8-20-15-24/h1-3,5-6,8,10-12,15,17H,4,7,9,13-14H2. The molecule has 0 amide bonds. The summed E-state index contributed by atoms with van der Waals surface area (Å²) in [5, 5.41) is 0. The lowest BCUT2D eigenvalue weighted by molar-refractivity contribution is 0.198. The minimum Gasteiger partial charge on any atom is -0.298 e. The molecular formula is C19H21N5. The van der Waals surface area contributed by atoms with E-state index in [-0.39, 0.29) is 0 Å². The number of hydrogen-bond acceptors (Lipinski definition) is 4. The summed E-state index contributed by atoms with van der Waals surface area (Å²) in [6.45, 7) is 3.20. The maximum absolute atomic E-state index is 4.81. The molecule has 1 saturated heterocycles. The quantitative estimate of drug-likeness (QED) is 0.741. The third kappa shape index (κ3) is 3.36. The van der Waals surface area contributed by atoms with Gasteiger partial charge in [0.05, 0.1) is 11.9 Å². The van der Waals surface area contributed by atoms with Crippen molar-refractivity contribution < 1.29 is 0 Å². The van der Waals surface area contributed by atoms with Gasteiger partial charge in [-0.2, -0.15) is 0 Å². The van der Waals surface area contributed by atoms with E-state index in [0.29, 0.717) is 5.92 Å². The monoisotopic (exact) mass is 319 g/mol. The van der Waals surface area contributed by atoms with Gasteiger partial charge in [-0.1, -0.05) is 30.3 Å². The molecule has 1 atom stereocenters. The largest absolute Gasteiger partial charge is 0.298 e. The van der Waals surface area contributed by atoms with Crippen molar-refractivity contribution in [3.63, 3.8) is 0 Å². The number of imidazole rings is 1. The lowest BCUT2D eigenvalue weighted by atomic mass is 9.94. The van der Waals surface area contributed by atoms with E-state index in [2.05, 4.69) is 45.2 Å². The van der Waals surface area contributed by atoms with E-state index in [0.717, 1.165) is 31.1 Å². The van der Waals surface area contributed by atoms with Crippen molar-refractivity contribution in [1.29, 1.82) is 0 Å². The average molecular weight is 319 g/mol. The van der Waals surface area contributed by atoms with Crippen molar-refractivity contribution in [2.75, 3.05) is 13.1 Å². The number of benzene rings is 1. The molecule has 0 saturated carbocycles. The molecule has 0 aliphatic carbocycles. The van der Waals surface area contributed by atoms with Gasteiger partial charge in [-0.15, -0.1) is 0 Å². The normalized spacial score (nSPS) is 18.6. The molecule has 1 unspecified atom stereocenters. The summed E-state index contributed by atoms with van der Waals surface area (Å²) < 4.78 is 1.90. The molecule has 5 heteroatoms. The van der Waals surface area contributed by atoms with Gasteiger partial charge in [-0.25, -0.2) is 9.97 Å². The van der Waals surface area contributed by atoms with Crippen LogP contribution in [-0.4, -0.2) is 37.5 Å². The van der Waals surface area contributed by atoms with Gasteiger partial charge in [0, 0.05) is 37.6 Å². The first-order chi connectivity index (χ1) is 11.9. The Morgan fingerprint density at radius 2 is 2.00 bits per heavy atom. The number of rotatable bonds is 4. The van der Waals surface area contributed by atoms with Gasteiger partial charge in [0.1, 0.15) is 6.33 Å². The van der Waals surface area contributed by atoms with Crippen LogP contribution in [0.2, 0.25) is 0 Å². The number of likely N-dealkylation sites (tertiary alicyclic amines) is 1. The van der Waals surface area contributed by atoms with Gasteiger partial charge in [0.15, 0.2) is 5.82 Å². The van der Waals surface area contributed by atoms with Crippen molar-refractivity contribution in [3.05, 3.63) is 72.7 Å². The lowest BCUT2D eigenvalue weighted by Crippen LogP contribution is -2.34. The fraction of sp³-hybridized carbons (Fsp3) is 0.316. The first-order valence-corrected chi connectivity index (χ1v) is 8.45. The highest BCUT2D eigenvalue weighted by Gasteiger charge is 2.23. The molecule has 24 heavy (non-hydrogen) atoms. The van der Waals surface area contributed by atoms with E-state index in [4.69, 9.17) is 4.98 Å². The van der Waals surface area contributed by atoms with Crippen LogP contribution >= 0.6 is 0 Å². The van der Waals surface area contributed by atoms with Gasteiger partial charge >= 0.3 is 0 Å². The summed E-state index contributed by atoms with van der Waals surface area (Å²) in [4.78, 5) is 15.8. The summed E-state index contributed by atoms with van der Waals surface area (Å²) in [5.41, 5.74) is 2.45. The van der Waals surface area contributed by atoms with E-state index >= 15 is 0 Å². The third-order valence-electron chi connectivity index (χ3n) is 4.58. The van der Waals surface area contributed by atoms with Crippen LogP contribution in [0.3, 0.4) is 0 Å². The average Bonchev–Trinajstić information content (AvgIpc) is 3.18. The van der Waals surface area contributed by atoms with Gasteiger partial charge in [-0.05, 0) is 24.9 Å². The molecule has 3 aromatic rings. The van der Waals surface area contributed by atoms with Gasteiger partial charge in [-0.3, -0.25) is 14.5 Å². The van der Waals surface area contributed by atoms with Crippen LogP contribution in [-0.2, 0) is 6.54 Å². The number of piperidine rings is 1. The fourth-order valence-electron chi connectivity index (χ4n) is 3.37. The lowest BCUT2D eigenvalue weighted by Gasteiger charge is -2.32. The van der Waals surface area contributed by atoms with Crippen LogP contribution in [0.15, 0.2) is 61.4 Å². The highest BCUT2D eigenvalue weighted by atomic mass is 15.1. The maximum Gasteiger partial charge on any atom is 0.156 e. The van der Waals surface area contributed by atoms with E-state index in [1.807, 2.05) is 17.0 Å². The molecule has 0 N–H and O–H groups in total. The molecule has 3 heterocycles. The van der Waals surface area contributed by atoms with Crippen LogP contribution in [0.5, 0.6) is 0 Å². The Hall–Kier alpha value is -2.53. The highest BCUT2D eigenvalue weighted by molar-refractivity contribution is 5.22. The zero-order valence-corrected chi connectivity index (χ0v) is 13.6. The second kappa shape index (κ2) is 6.93. The topological polar surface area (TPSA) is 46.8 Å². The Morgan fingerprint density at radius 1 is 1.08 bits per heavy atom. The number of hydrogen-bond donors (Lipinski definition) is 0. The molecule has 1 aromatic carbocycles. The Bertz CT molecular complexity index is 769. The molecule has 0 radical (unpaired) electrons. The van der Waals surface area contributed by atoms with E-state index in [1.165, 1.54) is 18.4 Å². The van der Waals surface area contributed by atoms with E-state index in [1.54, 1.807) is 18.7 Å². The van der Waals surface area contributed by atoms with Crippen LogP contribution < -0.4 is 0 Å². The first-order valence-electron chi connectivity index (χ1n) is 8.45. The zero-order valence-electron chi connectivity index (χ0n) is 13.6. The number of aromatic nitrogens is 4. The molecule has 2 aromatic heterocycles. The van der Waals surface area contributed by atoms with Crippen LogP contribution in [0.1, 0.15) is 30.0 Å². The number of nitrogens with zero attached hydrogens (tertiary/aromatic N) is 5. The molecule has 0 bridgehead atoms. The molecule has 122 valence electrons. The van der Waals surface area contributed by atoms with Crippen molar-refractivity contribution in [2.45, 2.75) is 25.3 Å². The second-order valence-electron chi connectivity index (χ2n) is 6.33. The van der Waals surface area contributed by atoms with Crippen LogP contribution in [0.25, 0.3) is 5.82 Å². The zero-order chi connectivity index (χ0) is 16.2. The predicted octanol–water partition coefficient (Wildman–Crippen LogP) is 3.04. The van der Waals surface area contributed by atoms with E-state index in [9.17, 15) is 0 Å². The minimum absolute atomic E-state index is 0.443. The van der Waals surface area contributed by atoms with Crippen molar-refractivity contribution >= 4 is 0 Å². The van der Waals surface area contributed by atoms with Crippen molar-refractivity contribution in [1.82, 2.24) is 24.4 Å². The van der Waals surface area contributed by atoms with Crippen LogP contribution in [0, 0.1) is 0 Å². The van der Waals surface area contributed by atoms with Gasteiger partial charge in [0.2, 0.25) is 0 Å². The Morgan fingerprint density at radius 3 is 2.83 bits per heavy atom. The molecule has 1 aliphatic rings. The minimum atomic E-state index is 0.443. The summed E-state index contributed by atoms with van der Waals surface area (Å²) in [5.74, 6) is 1.28.